The minimum absolute atomic E-state index is 0.0231. The minimum atomic E-state index is -2.69. The normalized spacial score (nSPS) is 19.8. The number of carbonyl (C=O) groups excluding carboxylic acids is 2. The fourth-order valence-corrected chi connectivity index (χ4v) is 6.12. The summed E-state index contributed by atoms with van der Waals surface area (Å²) in [6.45, 7) is 2.30. The van der Waals surface area contributed by atoms with Crippen molar-refractivity contribution in [2.75, 3.05) is 18.4 Å². The molecule has 0 radical (unpaired) electrons. The zero-order valence-corrected chi connectivity index (χ0v) is 25.5. The lowest BCUT2D eigenvalue weighted by atomic mass is 10.0. The molecule has 2 aliphatic heterocycles. The van der Waals surface area contributed by atoms with Crippen molar-refractivity contribution < 1.29 is 22.5 Å². The van der Waals surface area contributed by atoms with Crippen molar-refractivity contribution >= 4 is 73.8 Å². The number of allylic oxidation sites excluding steroid dienone is 1. The number of anilines is 1. The average molecular weight is 684 g/mol. The lowest BCUT2D eigenvalue weighted by Crippen LogP contribution is -2.37. The number of amidine groups is 1. The van der Waals surface area contributed by atoms with Gasteiger partial charge in [-0.25, -0.2) is 0 Å². The van der Waals surface area contributed by atoms with Crippen molar-refractivity contribution in [2.45, 2.75) is 31.7 Å². The Kier molecular flexibility index (Phi) is 9.00. The molecule has 4 N–H and O–H groups in total. The van der Waals surface area contributed by atoms with Gasteiger partial charge in [0.25, 0.3) is 11.8 Å². The van der Waals surface area contributed by atoms with Crippen LogP contribution < -0.4 is 16.1 Å². The first kappa shape index (κ1) is 29.5. The van der Waals surface area contributed by atoms with Gasteiger partial charge in [0, 0.05) is 34.5 Å². The number of nitrogens with zero attached hydrogens (tertiary/aromatic N) is 3. The number of halogens is 3. The van der Waals surface area contributed by atoms with Crippen LogP contribution in [0.5, 0.6) is 0 Å². The number of pyridine rings is 1. The summed E-state index contributed by atoms with van der Waals surface area (Å²) < 4.78 is 26.4. The molecule has 2 amide bonds. The van der Waals surface area contributed by atoms with Crippen molar-refractivity contribution in [3.63, 3.8) is 0 Å². The molecule has 15 heteroatoms. The van der Waals surface area contributed by atoms with Gasteiger partial charge in [-0.15, -0.1) is 0 Å². The predicted octanol–water partition coefficient (Wildman–Crippen LogP) is 4.55. The molecular formula is C26H25BrCl2N6O5S. The Hall–Kier alpha value is -2.97. The quantitative estimate of drug-likeness (QED) is 0.297. The van der Waals surface area contributed by atoms with Crippen molar-refractivity contribution in [1.29, 1.82) is 0 Å². The standard InChI is InChI=1S/C26H25BrCl2N6O5S/c1-13(14-4-5-14)32-25(36)16-9-15(28)10-19(27)22(16)33-26(37)18-12-35(8-6-21(18)40-41(38)39)24-17(11-31-34-24)23-20(29)3-2-7-30-23/h2-3,6-10,13-14,17,31H,4-5,11-12H2,1H3,(H,32,36)(H,33,37)(H,38,39). The van der Waals surface area contributed by atoms with E-state index in [2.05, 4.69) is 42.1 Å². The fourth-order valence-electron chi connectivity index (χ4n) is 4.65. The van der Waals surface area contributed by atoms with Gasteiger partial charge < -0.3 is 25.1 Å². The second-order valence-electron chi connectivity index (χ2n) is 9.71. The molecule has 3 atom stereocenters. The third kappa shape index (κ3) is 6.75. The van der Waals surface area contributed by atoms with Crippen LogP contribution in [0.2, 0.25) is 10.0 Å². The fraction of sp³-hybridized carbons (Fsp3) is 0.308. The van der Waals surface area contributed by atoms with E-state index in [4.69, 9.17) is 27.4 Å². The number of nitrogens with one attached hydrogen (secondary N) is 3. The average Bonchev–Trinajstić information content (AvgIpc) is 3.67. The van der Waals surface area contributed by atoms with E-state index in [1.54, 1.807) is 35.5 Å². The van der Waals surface area contributed by atoms with Crippen molar-refractivity contribution in [3.8, 4) is 0 Å². The maximum atomic E-state index is 13.7. The van der Waals surface area contributed by atoms with E-state index in [9.17, 15) is 18.4 Å². The second kappa shape index (κ2) is 12.5. The number of amides is 2. The van der Waals surface area contributed by atoms with Crippen LogP contribution in [0, 0.1) is 5.92 Å². The molecule has 0 saturated heterocycles. The third-order valence-electron chi connectivity index (χ3n) is 6.90. The number of hydrazone groups is 1. The van der Waals surface area contributed by atoms with Crippen LogP contribution in [0.4, 0.5) is 5.69 Å². The number of rotatable bonds is 8. The monoisotopic (exact) mass is 682 g/mol. The number of benzene rings is 1. The van der Waals surface area contributed by atoms with E-state index in [0.717, 1.165) is 12.8 Å². The molecule has 2 aromatic rings. The van der Waals surface area contributed by atoms with Gasteiger partial charge in [0.1, 0.15) is 5.84 Å². The van der Waals surface area contributed by atoms with Crippen LogP contribution in [0.15, 0.2) is 63.6 Å². The van der Waals surface area contributed by atoms with E-state index in [1.165, 1.54) is 12.1 Å². The summed E-state index contributed by atoms with van der Waals surface area (Å²) in [5.74, 6) is -0.527. The van der Waals surface area contributed by atoms with Crippen molar-refractivity contribution in [2.24, 2.45) is 11.0 Å². The third-order valence-corrected chi connectivity index (χ3v) is 8.39. The summed E-state index contributed by atoms with van der Waals surface area (Å²) >= 11 is 13.3. The smallest absolute Gasteiger partial charge is 0.357 e. The summed E-state index contributed by atoms with van der Waals surface area (Å²) in [4.78, 5) is 33.0. The summed E-state index contributed by atoms with van der Waals surface area (Å²) in [7, 11) is 0. The maximum absolute atomic E-state index is 13.7. The summed E-state index contributed by atoms with van der Waals surface area (Å²) in [5, 5.41) is 10.9. The Labute approximate surface area is 257 Å². The zero-order chi connectivity index (χ0) is 29.3. The molecule has 3 unspecified atom stereocenters. The van der Waals surface area contributed by atoms with Crippen molar-refractivity contribution in [3.05, 3.63) is 79.8 Å². The Morgan fingerprint density at radius 1 is 1.29 bits per heavy atom. The maximum Gasteiger partial charge on any atom is 0.357 e. The van der Waals surface area contributed by atoms with Gasteiger partial charge in [-0.3, -0.25) is 19.1 Å². The minimum Gasteiger partial charge on any atom is -0.379 e. The Morgan fingerprint density at radius 3 is 2.78 bits per heavy atom. The first-order valence-electron chi connectivity index (χ1n) is 12.6. The molecule has 1 aliphatic carbocycles. The highest BCUT2D eigenvalue weighted by Gasteiger charge is 2.34. The molecule has 3 heterocycles. The van der Waals surface area contributed by atoms with Crippen LogP contribution in [0.25, 0.3) is 0 Å². The van der Waals surface area contributed by atoms with Crippen molar-refractivity contribution in [1.82, 2.24) is 20.6 Å². The zero-order valence-electron chi connectivity index (χ0n) is 21.6. The van der Waals surface area contributed by atoms with Crippen LogP contribution in [0.3, 0.4) is 0 Å². The first-order chi connectivity index (χ1) is 19.6. The SMILES string of the molecule is CC(NC(=O)c1cc(Cl)cc(Br)c1NC(=O)C1=C(OS(=O)O)C=CN(C2=NNCC2c2ncccc2Cl)C1)C1CC1. The predicted molar refractivity (Wildman–Crippen MR) is 160 cm³/mol. The second-order valence-corrected chi connectivity index (χ2v) is 12.0. The van der Waals surface area contributed by atoms with Gasteiger partial charge in [0.15, 0.2) is 5.76 Å². The topological polar surface area (TPSA) is 145 Å². The highest BCUT2D eigenvalue weighted by atomic mass is 79.9. The molecule has 216 valence electrons. The molecule has 11 nitrogen and oxygen atoms in total. The Balaban J connectivity index is 1.42. The van der Waals surface area contributed by atoms with Crippen LogP contribution >= 0.6 is 39.1 Å². The molecule has 0 spiro atoms. The number of hydrogen-bond donors (Lipinski definition) is 4. The molecule has 1 aromatic carbocycles. The van der Waals surface area contributed by atoms with Gasteiger partial charge in [0.05, 0.1) is 40.0 Å². The van der Waals surface area contributed by atoms with E-state index >= 15 is 0 Å². The van der Waals surface area contributed by atoms with Crippen LogP contribution in [-0.4, -0.2) is 55.4 Å². The van der Waals surface area contributed by atoms with E-state index in [0.29, 0.717) is 38.5 Å². The van der Waals surface area contributed by atoms with Gasteiger partial charge >= 0.3 is 11.4 Å². The molecule has 5 rings (SSSR count). The molecule has 3 aliphatic rings. The number of carbonyl (C=O) groups is 2. The summed E-state index contributed by atoms with van der Waals surface area (Å²) in [6, 6.07) is 6.45. The van der Waals surface area contributed by atoms with E-state index in [1.807, 2.05) is 6.92 Å². The first-order valence-corrected chi connectivity index (χ1v) is 15.2. The lowest BCUT2D eigenvalue weighted by Gasteiger charge is -2.28. The molecule has 41 heavy (non-hydrogen) atoms. The van der Waals surface area contributed by atoms with Crippen LogP contribution in [0.1, 0.15) is 41.7 Å². The Bertz CT molecular complexity index is 1520. The van der Waals surface area contributed by atoms with Gasteiger partial charge in [-0.1, -0.05) is 23.2 Å². The van der Waals surface area contributed by atoms with E-state index in [-0.39, 0.29) is 41.1 Å². The summed E-state index contributed by atoms with van der Waals surface area (Å²) in [6.07, 6.45) is 6.71. The van der Waals surface area contributed by atoms with Gasteiger partial charge in [-0.2, -0.15) is 9.31 Å². The molecule has 1 fully saturated rings. The largest absolute Gasteiger partial charge is 0.379 e. The highest BCUT2D eigenvalue weighted by Crippen LogP contribution is 2.35. The number of aromatic nitrogens is 1. The van der Waals surface area contributed by atoms with Crippen LogP contribution in [-0.2, 0) is 20.3 Å². The Morgan fingerprint density at radius 2 is 2.07 bits per heavy atom. The van der Waals surface area contributed by atoms with Gasteiger partial charge in [-0.05, 0) is 72.0 Å². The number of hydrogen-bond acceptors (Lipinski definition) is 8. The molecular weight excluding hydrogens is 659 g/mol. The lowest BCUT2D eigenvalue weighted by molar-refractivity contribution is -0.113. The van der Waals surface area contributed by atoms with E-state index < -0.39 is 23.2 Å². The molecule has 1 saturated carbocycles. The summed E-state index contributed by atoms with van der Waals surface area (Å²) in [5.41, 5.74) is 3.94. The van der Waals surface area contributed by atoms with Gasteiger partial charge in [0.2, 0.25) is 0 Å². The molecule has 1 aromatic heterocycles. The highest BCUT2D eigenvalue weighted by molar-refractivity contribution is 9.10. The molecule has 0 bridgehead atoms.